The zero-order valence-corrected chi connectivity index (χ0v) is 29.6. The summed E-state index contributed by atoms with van der Waals surface area (Å²) >= 11 is 1.86. The summed E-state index contributed by atoms with van der Waals surface area (Å²) in [5.74, 6) is 0. The molecule has 0 spiro atoms. The average molecular weight is 693 g/mol. The monoisotopic (exact) mass is 692 g/mol. The number of aromatic nitrogens is 1. The first-order chi connectivity index (χ1) is 26.3. The van der Waals surface area contributed by atoms with E-state index >= 15 is 0 Å². The first-order valence-electron chi connectivity index (χ1n) is 18.1. The quantitative estimate of drug-likeness (QED) is 0.174. The highest BCUT2D eigenvalue weighted by atomic mass is 32.1. The van der Waals surface area contributed by atoms with E-state index in [4.69, 9.17) is 0 Å². The van der Waals surface area contributed by atoms with E-state index in [1.807, 2.05) is 11.3 Å². The summed E-state index contributed by atoms with van der Waals surface area (Å²) in [4.78, 5) is 2.47. The molecule has 11 rings (SSSR count). The molecule has 53 heavy (non-hydrogen) atoms. The third-order valence-electron chi connectivity index (χ3n) is 10.7. The van der Waals surface area contributed by atoms with E-state index in [0.29, 0.717) is 0 Å². The van der Waals surface area contributed by atoms with Gasteiger partial charge in [-0.05, 0) is 87.9 Å². The number of nitrogens with zero attached hydrogens (tertiary/aromatic N) is 2. The molecule has 0 aliphatic rings. The van der Waals surface area contributed by atoms with Crippen LogP contribution in [0.4, 0.5) is 17.1 Å². The van der Waals surface area contributed by atoms with Gasteiger partial charge in [-0.25, -0.2) is 0 Å². The summed E-state index contributed by atoms with van der Waals surface area (Å²) in [6.07, 6.45) is 0. The lowest BCUT2D eigenvalue weighted by Gasteiger charge is -2.27. The lowest BCUT2D eigenvalue weighted by molar-refractivity contribution is 1.19. The molecule has 2 heterocycles. The molecule has 0 N–H and O–H groups in total. The Morgan fingerprint density at radius 1 is 0.415 bits per heavy atom. The largest absolute Gasteiger partial charge is 0.310 e. The number of anilines is 3. The van der Waals surface area contributed by atoms with Crippen molar-refractivity contribution >= 4 is 91.9 Å². The van der Waals surface area contributed by atoms with Gasteiger partial charge in [0.1, 0.15) is 0 Å². The Labute approximate surface area is 311 Å². The molecule has 2 nitrogen and oxygen atoms in total. The number of rotatable bonds is 5. The molecule has 3 heteroatoms. The Morgan fingerprint density at radius 3 is 1.94 bits per heavy atom. The predicted octanol–water partition coefficient (Wildman–Crippen LogP) is 14.6. The first-order valence-corrected chi connectivity index (χ1v) is 18.9. The van der Waals surface area contributed by atoms with Gasteiger partial charge in [0.2, 0.25) is 0 Å². The van der Waals surface area contributed by atoms with Gasteiger partial charge < -0.3 is 9.47 Å². The number of hydrogen-bond donors (Lipinski definition) is 0. The van der Waals surface area contributed by atoms with Crippen LogP contribution in [-0.4, -0.2) is 4.57 Å². The molecule has 0 atom stereocenters. The normalized spacial score (nSPS) is 11.8. The van der Waals surface area contributed by atoms with E-state index in [0.717, 1.165) is 22.7 Å². The molecular weight excluding hydrogens is 661 g/mol. The van der Waals surface area contributed by atoms with Crippen LogP contribution in [0.1, 0.15) is 0 Å². The molecule has 0 unspecified atom stereocenters. The summed E-state index contributed by atoms with van der Waals surface area (Å²) in [5, 5.41) is 9.96. The summed E-state index contributed by atoms with van der Waals surface area (Å²) in [5.41, 5.74) is 9.38. The summed E-state index contributed by atoms with van der Waals surface area (Å²) in [7, 11) is 0. The predicted molar refractivity (Wildman–Crippen MR) is 229 cm³/mol. The Balaban J connectivity index is 1.28. The van der Waals surface area contributed by atoms with Gasteiger partial charge in [0.15, 0.2) is 0 Å². The minimum Gasteiger partial charge on any atom is -0.310 e. The van der Waals surface area contributed by atoms with Gasteiger partial charge in [0.25, 0.3) is 0 Å². The smallest absolute Gasteiger partial charge is 0.0640 e. The molecule has 9 aromatic carbocycles. The zero-order valence-electron chi connectivity index (χ0n) is 28.8. The molecule has 0 saturated heterocycles. The molecule has 0 bridgehead atoms. The summed E-state index contributed by atoms with van der Waals surface area (Å²) < 4.78 is 5.10. The van der Waals surface area contributed by atoms with Gasteiger partial charge in [-0.15, -0.1) is 11.3 Å². The fourth-order valence-corrected chi connectivity index (χ4v) is 9.47. The Hall–Kier alpha value is -6.68. The molecule has 0 saturated carbocycles. The standard InChI is InChI=1S/C50H32N2S/c1-3-17-36(18-4-1)51(38-27-29-48-44(32-38)42-23-11-12-25-47(42)53-48)46-31-34-15-8-10-22-41(34)50-49(46)43-28-26-35(30-45(43)52(50)37-19-5-2-6-20-37)40-24-13-16-33-14-7-9-21-39(33)40/h1-32H. The van der Waals surface area contributed by atoms with E-state index in [1.54, 1.807) is 0 Å². The lowest BCUT2D eigenvalue weighted by Crippen LogP contribution is -2.10. The van der Waals surface area contributed by atoms with Crippen LogP contribution in [0.15, 0.2) is 194 Å². The maximum atomic E-state index is 2.49. The van der Waals surface area contributed by atoms with Crippen LogP contribution in [0.5, 0.6) is 0 Å². The minimum atomic E-state index is 1.12. The topological polar surface area (TPSA) is 8.17 Å². The number of para-hydroxylation sites is 2. The molecule has 0 aliphatic carbocycles. The van der Waals surface area contributed by atoms with Crippen LogP contribution in [0.3, 0.4) is 0 Å². The van der Waals surface area contributed by atoms with Crippen LogP contribution in [0, 0.1) is 0 Å². The Kier molecular flexibility index (Phi) is 6.76. The van der Waals surface area contributed by atoms with Crippen LogP contribution in [-0.2, 0) is 0 Å². The molecule has 0 fully saturated rings. The number of benzene rings is 9. The van der Waals surface area contributed by atoms with Crippen molar-refractivity contribution in [2.45, 2.75) is 0 Å². The van der Waals surface area contributed by atoms with E-state index < -0.39 is 0 Å². The van der Waals surface area contributed by atoms with Crippen molar-refractivity contribution in [2.24, 2.45) is 0 Å². The van der Waals surface area contributed by atoms with Gasteiger partial charge in [0, 0.05) is 53.4 Å². The molecule has 11 aromatic rings. The van der Waals surface area contributed by atoms with E-state index in [-0.39, 0.29) is 0 Å². The molecular formula is C50H32N2S. The molecule has 0 amide bonds. The fraction of sp³-hybridized carbons (Fsp3) is 0. The van der Waals surface area contributed by atoms with Crippen LogP contribution in [0.25, 0.3) is 80.3 Å². The van der Waals surface area contributed by atoms with E-state index in [2.05, 4.69) is 204 Å². The van der Waals surface area contributed by atoms with Crippen molar-refractivity contribution in [3.05, 3.63) is 194 Å². The zero-order chi connectivity index (χ0) is 34.9. The number of thiophene rings is 1. The van der Waals surface area contributed by atoms with Crippen LogP contribution >= 0.6 is 11.3 Å². The lowest BCUT2D eigenvalue weighted by atomic mass is 9.97. The highest BCUT2D eigenvalue weighted by Crippen LogP contribution is 2.48. The Bertz CT molecular complexity index is 3170. The van der Waals surface area contributed by atoms with Crippen molar-refractivity contribution < 1.29 is 0 Å². The summed E-state index contributed by atoms with van der Waals surface area (Å²) in [6, 6.07) is 71.1. The van der Waals surface area contributed by atoms with Crippen LogP contribution < -0.4 is 4.90 Å². The summed E-state index contributed by atoms with van der Waals surface area (Å²) in [6.45, 7) is 0. The van der Waals surface area contributed by atoms with Gasteiger partial charge in [0.05, 0.1) is 16.7 Å². The third-order valence-corrected chi connectivity index (χ3v) is 11.9. The van der Waals surface area contributed by atoms with Gasteiger partial charge >= 0.3 is 0 Å². The average Bonchev–Trinajstić information content (AvgIpc) is 3.77. The van der Waals surface area contributed by atoms with E-state index in [9.17, 15) is 0 Å². The maximum absolute atomic E-state index is 2.49. The Morgan fingerprint density at radius 2 is 1.09 bits per heavy atom. The number of hydrogen-bond acceptors (Lipinski definition) is 2. The van der Waals surface area contributed by atoms with Gasteiger partial charge in [-0.1, -0.05) is 133 Å². The number of fused-ring (bicyclic) bond motifs is 9. The second-order valence-corrected chi connectivity index (χ2v) is 14.8. The highest BCUT2D eigenvalue weighted by molar-refractivity contribution is 7.25. The molecule has 0 aliphatic heterocycles. The van der Waals surface area contributed by atoms with Crippen molar-refractivity contribution in [1.29, 1.82) is 0 Å². The second kappa shape index (κ2) is 11.9. The van der Waals surface area contributed by atoms with Crippen LogP contribution in [0.2, 0.25) is 0 Å². The SMILES string of the molecule is c1ccc(N(c2ccc3sc4ccccc4c3c2)c2cc3ccccc3c3c2c2ccc(-c4cccc5ccccc45)cc2n3-c2ccccc2)cc1. The van der Waals surface area contributed by atoms with Gasteiger partial charge in [-0.3, -0.25) is 0 Å². The van der Waals surface area contributed by atoms with E-state index in [1.165, 1.54) is 74.6 Å². The maximum Gasteiger partial charge on any atom is 0.0640 e. The van der Waals surface area contributed by atoms with Crippen molar-refractivity contribution in [1.82, 2.24) is 4.57 Å². The highest BCUT2D eigenvalue weighted by Gasteiger charge is 2.24. The first kappa shape index (κ1) is 30.0. The fourth-order valence-electron chi connectivity index (χ4n) is 8.38. The molecule has 248 valence electrons. The minimum absolute atomic E-state index is 1.12. The van der Waals surface area contributed by atoms with Gasteiger partial charge in [-0.2, -0.15) is 0 Å². The van der Waals surface area contributed by atoms with Crippen molar-refractivity contribution in [3.8, 4) is 16.8 Å². The third kappa shape index (κ3) is 4.71. The molecule has 2 aromatic heterocycles. The van der Waals surface area contributed by atoms with Crippen molar-refractivity contribution in [3.63, 3.8) is 0 Å². The second-order valence-electron chi connectivity index (χ2n) is 13.7. The van der Waals surface area contributed by atoms with Crippen molar-refractivity contribution in [2.75, 3.05) is 4.90 Å². The molecule has 0 radical (unpaired) electrons.